The van der Waals surface area contributed by atoms with E-state index in [9.17, 15) is 5.11 Å². The molecular weight excluding hydrogens is 228 g/mol. The van der Waals surface area contributed by atoms with Crippen LogP contribution in [0.3, 0.4) is 0 Å². The molecule has 92 valence electrons. The molecule has 1 unspecified atom stereocenters. The molecule has 0 spiro atoms. The van der Waals surface area contributed by atoms with Crippen LogP contribution < -0.4 is 5.32 Å². The fraction of sp³-hybridized carbons (Fsp3) is 0.214. The molecule has 0 bridgehead atoms. The van der Waals surface area contributed by atoms with Crippen LogP contribution in [-0.4, -0.2) is 11.7 Å². The summed E-state index contributed by atoms with van der Waals surface area (Å²) in [6.45, 7) is 1.07. The summed E-state index contributed by atoms with van der Waals surface area (Å²) in [7, 11) is 0. The van der Waals surface area contributed by atoms with E-state index in [-0.39, 0.29) is 0 Å². The molecular formula is C14H14N2O2. The molecule has 0 radical (unpaired) electrons. The van der Waals surface area contributed by atoms with Gasteiger partial charge in [-0.25, -0.2) is 0 Å². The second-order valence-corrected chi connectivity index (χ2v) is 3.97. The van der Waals surface area contributed by atoms with Crippen molar-refractivity contribution in [2.75, 3.05) is 6.54 Å². The van der Waals surface area contributed by atoms with Crippen molar-refractivity contribution in [1.29, 1.82) is 5.26 Å². The number of nitrogens with zero attached hydrogens (tertiary/aromatic N) is 1. The lowest BCUT2D eigenvalue weighted by atomic mass is 10.1. The predicted octanol–water partition coefficient (Wildman–Crippen LogP) is 1.97. The Morgan fingerprint density at radius 1 is 1.28 bits per heavy atom. The molecule has 2 aromatic rings. The molecule has 0 aliphatic carbocycles. The van der Waals surface area contributed by atoms with E-state index in [1.54, 1.807) is 30.5 Å². The third-order valence-corrected chi connectivity index (χ3v) is 2.62. The van der Waals surface area contributed by atoms with Crippen molar-refractivity contribution in [3.8, 4) is 6.07 Å². The van der Waals surface area contributed by atoms with Gasteiger partial charge in [0.2, 0.25) is 0 Å². The van der Waals surface area contributed by atoms with E-state index in [1.807, 2.05) is 12.1 Å². The smallest absolute Gasteiger partial charge is 0.133 e. The molecule has 1 heterocycles. The maximum absolute atomic E-state index is 9.77. The standard InChI is InChI=1S/C14H14N2O2/c15-8-11-3-5-12(6-4-11)9-16-10-13(17)14-2-1-7-18-14/h1-7,13,16-17H,9-10H2. The normalized spacial score (nSPS) is 12.0. The van der Waals surface area contributed by atoms with Crippen molar-refractivity contribution < 1.29 is 9.52 Å². The molecule has 2 rings (SSSR count). The van der Waals surface area contributed by atoms with Gasteiger partial charge >= 0.3 is 0 Å². The molecule has 4 heteroatoms. The zero-order valence-corrected chi connectivity index (χ0v) is 9.84. The fourth-order valence-corrected chi connectivity index (χ4v) is 1.63. The molecule has 2 N–H and O–H groups in total. The van der Waals surface area contributed by atoms with E-state index in [4.69, 9.17) is 9.68 Å². The SMILES string of the molecule is N#Cc1ccc(CNCC(O)c2ccco2)cc1. The zero-order valence-electron chi connectivity index (χ0n) is 9.84. The Bertz CT molecular complexity index is 512. The molecule has 0 aliphatic heterocycles. The van der Waals surface area contributed by atoms with Crippen LogP contribution >= 0.6 is 0 Å². The molecule has 1 aromatic carbocycles. The van der Waals surface area contributed by atoms with Gasteiger partial charge in [-0.05, 0) is 29.8 Å². The lowest BCUT2D eigenvalue weighted by molar-refractivity contribution is 0.147. The molecule has 1 aromatic heterocycles. The summed E-state index contributed by atoms with van der Waals surface area (Å²) >= 11 is 0. The maximum atomic E-state index is 9.77. The first-order valence-corrected chi connectivity index (χ1v) is 5.71. The fourth-order valence-electron chi connectivity index (χ4n) is 1.63. The van der Waals surface area contributed by atoms with E-state index in [2.05, 4.69) is 11.4 Å². The highest BCUT2D eigenvalue weighted by Gasteiger charge is 2.09. The Morgan fingerprint density at radius 3 is 2.67 bits per heavy atom. The highest BCUT2D eigenvalue weighted by Crippen LogP contribution is 2.12. The van der Waals surface area contributed by atoms with Gasteiger partial charge in [-0.15, -0.1) is 0 Å². The van der Waals surface area contributed by atoms with Crippen LogP contribution in [0.25, 0.3) is 0 Å². The highest BCUT2D eigenvalue weighted by molar-refractivity contribution is 5.31. The molecule has 0 fully saturated rings. The van der Waals surface area contributed by atoms with Crippen LogP contribution in [0, 0.1) is 11.3 Å². The average Bonchev–Trinajstić information content (AvgIpc) is 2.93. The number of rotatable bonds is 5. The van der Waals surface area contributed by atoms with E-state index in [0.717, 1.165) is 5.56 Å². The minimum atomic E-state index is -0.640. The second kappa shape index (κ2) is 6.01. The van der Waals surface area contributed by atoms with Crippen LogP contribution in [0.5, 0.6) is 0 Å². The van der Waals surface area contributed by atoms with Crippen LogP contribution in [0.1, 0.15) is 23.0 Å². The zero-order chi connectivity index (χ0) is 12.8. The summed E-state index contributed by atoms with van der Waals surface area (Å²) in [5.41, 5.74) is 1.72. The van der Waals surface area contributed by atoms with Crippen molar-refractivity contribution in [3.63, 3.8) is 0 Å². The van der Waals surface area contributed by atoms with Crippen LogP contribution in [0.2, 0.25) is 0 Å². The predicted molar refractivity (Wildman–Crippen MR) is 66.5 cm³/mol. The summed E-state index contributed by atoms with van der Waals surface area (Å²) in [6.07, 6.45) is 0.900. The van der Waals surface area contributed by atoms with Crippen molar-refractivity contribution in [1.82, 2.24) is 5.32 Å². The van der Waals surface area contributed by atoms with Gasteiger partial charge in [0.15, 0.2) is 0 Å². The summed E-state index contributed by atoms with van der Waals surface area (Å²) < 4.78 is 5.10. The summed E-state index contributed by atoms with van der Waals surface area (Å²) in [4.78, 5) is 0. The van der Waals surface area contributed by atoms with Crippen molar-refractivity contribution >= 4 is 0 Å². The Balaban J connectivity index is 1.80. The Kier molecular flexibility index (Phi) is 4.13. The third kappa shape index (κ3) is 3.20. The van der Waals surface area contributed by atoms with E-state index >= 15 is 0 Å². The highest BCUT2D eigenvalue weighted by atomic mass is 16.4. The average molecular weight is 242 g/mol. The van der Waals surface area contributed by atoms with Gasteiger partial charge in [-0.1, -0.05) is 12.1 Å². The number of aliphatic hydroxyl groups excluding tert-OH is 1. The van der Waals surface area contributed by atoms with Gasteiger partial charge in [-0.2, -0.15) is 5.26 Å². The molecule has 1 atom stereocenters. The van der Waals surface area contributed by atoms with Gasteiger partial charge in [0.05, 0.1) is 17.9 Å². The van der Waals surface area contributed by atoms with Crippen LogP contribution in [0.4, 0.5) is 0 Å². The van der Waals surface area contributed by atoms with Crippen molar-refractivity contribution in [2.24, 2.45) is 0 Å². The number of hydrogen-bond acceptors (Lipinski definition) is 4. The topological polar surface area (TPSA) is 69.2 Å². The first-order valence-electron chi connectivity index (χ1n) is 5.71. The Hall–Kier alpha value is -2.09. The van der Waals surface area contributed by atoms with E-state index < -0.39 is 6.10 Å². The number of aliphatic hydroxyl groups is 1. The quantitative estimate of drug-likeness (QED) is 0.841. The molecule has 0 saturated carbocycles. The number of hydrogen-bond donors (Lipinski definition) is 2. The number of benzene rings is 1. The van der Waals surface area contributed by atoms with Crippen molar-refractivity contribution in [3.05, 3.63) is 59.5 Å². The Morgan fingerprint density at radius 2 is 2.06 bits per heavy atom. The number of nitrogens with one attached hydrogen (secondary N) is 1. The minimum absolute atomic E-state index is 0.424. The third-order valence-electron chi connectivity index (χ3n) is 2.62. The second-order valence-electron chi connectivity index (χ2n) is 3.97. The molecule has 0 amide bonds. The maximum Gasteiger partial charge on any atom is 0.133 e. The summed E-state index contributed by atoms with van der Waals surface area (Å²) in [5, 5.41) is 21.6. The Labute approximate surface area is 105 Å². The van der Waals surface area contributed by atoms with Gasteiger partial charge in [0, 0.05) is 13.1 Å². The van der Waals surface area contributed by atoms with E-state index in [1.165, 1.54) is 0 Å². The van der Waals surface area contributed by atoms with E-state index in [0.29, 0.717) is 24.4 Å². The van der Waals surface area contributed by atoms with Gasteiger partial charge in [0.1, 0.15) is 11.9 Å². The molecule has 4 nitrogen and oxygen atoms in total. The molecule has 0 aliphatic rings. The summed E-state index contributed by atoms with van der Waals surface area (Å²) in [5.74, 6) is 0.558. The lowest BCUT2D eigenvalue weighted by Gasteiger charge is -2.09. The van der Waals surface area contributed by atoms with Crippen LogP contribution in [-0.2, 0) is 6.54 Å². The minimum Gasteiger partial charge on any atom is -0.467 e. The first-order chi connectivity index (χ1) is 8.79. The van der Waals surface area contributed by atoms with Gasteiger partial charge in [-0.3, -0.25) is 0 Å². The summed E-state index contributed by atoms with van der Waals surface area (Å²) in [6, 6.07) is 12.9. The van der Waals surface area contributed by atoms with Gasteiger partial charge < -0.3 is 14.8 Å². The lowest BCUT2D eigenvalue weighted by Crippen LogP contribution is -2.20. The van der Waals surface area contributed by atoms with Crippen molar-refractivity contribution in [2.45, 2.75) is 12.6 Å². The number of nitriles is 1. The first kappa shape index (κ1) is 12.4. The monoisotopic (exact) mass is 242 g/mol. The largest absolute Gasteiger partial charge is 0.467 e. The molecule has 18 heavy (non-hydrogen) atoms. The van der Waals surface area contributed by atoms with Gasteiger partial charge in [0.25, 0.3) is 0 Å². The number of furan rings is 1. The molecule has 0 saturated heterocycles. The van der Waals surface area contributed by atoms with Crippen LogP contribution in [0.15, 0.2) is 47.1 Å².